The quantitative estimate of drug-likeness (QED) is 0.420. The maximum Gasteiger partial charge on any atom is 0.267 e. The Morgan fingerprint density at radius 3 is 2.74 bits per heavy atom. The summed E-state index contributed by atoms with van der Waals surface area (Å²) in [5.74, 6) is -0.815. The molecule has 0 aliphatic rings. The van der Waals surface area contributed by atoms with Crippen molar-refractivity contribution in [2.45, 2.75) is 6.54 Å². The van der Waals surface area contributed by atoms with Crippen LogP contribution in [-0.2, 0) is 11.3 Å². The lowest BCUT2D eigenvalue weighted by Gasteiger charge is -2.20. The van der Waals surface area contributed by atoms with Gasteiger partial charge >= 0.3 is 0 Å². The SMILES string of the molecule is COc1cccc(OCC(=O)N(Cc2cccnc2)c2nc3c(F)cc(F)cc3s2)c1. The second-order valence-corrected chi connectivity index (χ2v) is 7.55. The zero-order valence-electron chi connectivity index (χ0n) is 16.4. The highest BCUT2D eigenvalue weighted by atomic mass is 32.1. The van der Waals surface area contributed by atoms with Crippen LogP contribution in [0.15, 0.2) is 60.9 Å². The fourth-order valence-electron chi connectivity index (χ4n) is 2.91. The van der Waals surface area contributed by atoms with E-state index in [-0.39, 0.29) is 23.8 Å². The van der Waals surface area contributed by atoms with E-state index in [2.05, 4.69) is 9.97 Å². The number of thiazole rings is 1. The number of carbonyl (C=O) groups is 1. The summed E-state index contributed by atoms with van der Waals surface area (Å²) in [5, 5.41) is 0.239. The van der Waals surface area contributed by atoms with Crippen molar-refractivity contribution >= 4 is 32.6 Å². The van der Waals surface area contributed by atoms with E-state index in [1.54, 1.807) is 42.7 Å². The summed E-state index contributed by atoms with van der Waals surface area (Å²) in [6.45, 7) is -0.127. The van der Waals surface area contributed by atoms with Crippen LogP contribution >= 0.6 is 11.3 Å². The van der Waals surface area contributed by atoms with Crippen LogP contribution in [0, 0.1) is 11.6 Å². The Morgan fingerprint density at radius 1 is 1.13 bits per heavy atom. The van der Waals surface area contributed by atoms with Gasteiger partial charge in [-0.25, -0.2) is 13.8 Å². The number of rotatable bonds is 7. The molecule has 0 atom stereocenters. The molecule has 0 radical (unpaired) electrons. The van der Waals surface area contributed by atoms with E-state index in [1.807, 2.05) is 6.07 Å². The third-order valence-electron chi connectivity index (χ3n) is 4.40. The maximum atomic E-state index is 14.1. The minimum Gasteiger partial charge on any atom is -0.497 e. The van der Waals surface area contributed by atoms with Crippen LogP contribution in [0.5, 0.6) is 11.5 Å². The molecule has 4 aromatic rings. The van der Waals surface area contributed by atoms with E-state index in [0.29, 0.717) is 16.2 Å². The number of aromatic nitrogens is 2. The Kier molecular flexibility index (Phi) is 6.03. The van der Waals surface area contributed by atoms with Gasteiger partial charge < -0.3 is 9.47 Å². The molecule has 0 unspecified atom stereocenters. The fourth-order valence-corrected chi connectivity index (χ4v) is 3.93. The van der Waals surface area contributed by atoms with Crippen molar-refractivity contribution in [3.05, 3.63) is 78.1 Å². The van der Waals surface area contributed by atoms with Gasteiger partial charge in [0.15, 0.2) is 17.6 Å². The van der Waals surface area contributed by atoms with Gasteiger partial charge in [0.2, 0.25) is 0 Å². The van der Waals surface area contributed by atoms with Crippen molar-refractivity contribution in [1.29, 1.82) is 0 Å². The lowest BCUT2D eigenvalue weighted by molar-refractivity contribution is -0.120. The van der Waals surface area contributed by atoms with E-state index in [1.165, 1.54) is 18.1 Å². The highest BCUT2D eigenvalue weighted by molar-refractivity contribution is 7.22. The van der Waals surface area contributed by atoms with Gasteiger partial charge in [-0.1, -0.05) is 23.5 Å². The average Bonchev–Trinajstić information content (AvgIpc) is 3.20. The largest absolute Gasteiger partial charge is 0.497 e. The van der Waals surface area contributed by atoms with E-state index in [9.17, 15) is 13.6 Å². The minimum absolute atomic E-state index is 0.0131. The molecule has 0 spiro atoms. The molecule has 0 saturated carbocycles. The first-order valence-corrected chi connectivity index (χ1v) is 10.1. The molecule has 0 aliphatic heterocycles. The van der Waals surface area contributed by atoms with Gasteiger partial charge in [0.1, 0.15) is 22.8 Å². The van der Waals surface area contributed by atoms with Crippen molar-refractivity contribution in [3.63, 3.8) is 0 Å². The number of ether oxygens (including phenoxy) is 2. The molecule has 6 nitrogen and oxygen atoms in total. The van der Waals surface area contributed by atoms with Crippen LogP contribution in [0.4, 0.5) is 13.9 Å². The number of halogens is 2. The van der Waals surface area contributed by atoms with Crippen molar-refractivity contribution in [1.82, 2.24) is 9.97 Å². The number of fused-ring (bicyclic) bond motifs is 1. The first-order valence-electron chi connectivity index (χ1n) is 9.25. The molecule has 0 N–H and O–H groups in total. The Morgan fingerprint density at radius 2 is 1.97 bits per heavy atom. The summed E-state index contributed by atoms with van der Waals surface area (Å²) >= 11 is 1.03. The van der Waals surface area contributed by atoms with E-state index < -0.39 is 17.5 Å². The van der Waals surface area contributed by atoms with E-state index in [0.717, 1.165) is 23.0 Å². The summed E-state index contributed by atoms with van der Waals surface area (Å²) in [6.07, 6.45) is 3.24. The highest BCUT2D eigenvalue weighted by Crippen LogP contribution is 2.32. The molecule has 2 heterocycles. The number of methoxy groups -OCH3 is 1. The van der Waals surface area contributed by atoms with Crippen molar-refractivity contribution in [3.8, 4) is 11.5 Å². The first-order chi connectivity index (χ1) is 15.0. The van der Waals surface area contributed by atoms with Gasteiger partial charge in [-0.2, -0.15) is 0 Å². The maximum absolute atomic E-state index is 14.1. The highest BCUT2D eigenvalue weighted by Gasteiger charge is 2.22. The third kappa shape index (κ3) is 4.77. The lowest BCUT2D eigenvalue weighted by Crippen LogP contribution is -2.34. The number of amides is 1. The Labute approximate surface area is 180 Å². The van der Waals surface area contributed by atoms with Crippen molar-refractivity contribution < 1.29 is 23.0 Å². The van der Waals surface area contributed by atoms with E-state index >= 15 is 0 Å². The summed E-state index contributed by atoms with van der Waals surface area (Å²) in [6, 6.07) is 12.4. The van der Waals surface area contributed by atoms with Crippen molar-refractivity contribution in [2.24, 2.45) is 0 Å². The standard InChI is InChI=1S/C22H17F2N3O3S/c1-29-16-5-2-6-17(10-16)30-13-20(28)27(12-14-4-3-7-25-11-14)22-26-21-18(24)8-15(23)9-19(21)31-22/h2-11H,12-13H2,1H3. The minimum atomic E-state index is -0.779. The third-order valence-corrected chi connectivity index (χ3v) is 5.43. The van der Waals surface area contributed by atoms with Crippen LogP contribution in [0.1, 0.15) is 5.56 Å². The van der Waals surface area contributed by atoms with Gasteiger partial charge in [0.05, 0.1) is 18.4 Å². The molecule has 2 aromatic heterocycles. The Bertz CT molecular complexity index is 1220. The van der Waals surface area contributed by atoms with E-state index in [4.69, 9.17) is 9.47 Å². The summed E-state index contributed by atoms with van der Waals surface area (Å²) in [7, 11) is 1.54. The molecule has 1 amide bonds. The topological polar surface area (TPSA) is 64.6 Å². The van der Waals surface area contributed by atoms with Crippen LogP contribution in [0.3, 0.4) is 0 Å². The number of pyridine rings is 1. The van der Waals surface area contributed by atoms with Gasteiger partial charge in [-0.3, -0.25) is 14.7 Å². The normalized spacial score (nSPS) is 10.8. The van der Waals surface area contributed by atoms with Gasteiger partial charge in [0, 0.05) is 24.5 Å². The summed E-state index contributed by atoms with van der Waals surface area (Å²) < 4.78 is 38.8. The van der Waals surface area contributed by atoms with Crippen LogP contribution in [-0.4, -0.2) is 29.6 Å². The molecule has 2 aromatic carbocycles. The lowest BCUT2D eigenvalue weighted by atomic mass is 10.2. The zero-order chi connectivity index (χ0) is 21.8. The van der Waals surface area contributed by atoms with Crippen LogP contribution in [0.2, 0.25) is 0 Å². The molecule has 4 rings (SSSR count). The predicted octanol–water partition coefficient (Wildman–Crippen LogP) is 4.59. The molecule has 9 heteroatoms. The monoisotopic (exact) mass is 441 g/mol. The Balaban J connectivity index is 1.62. The molecule has 31 heavy (non-hydrogen) atoms. The molecule has 158 valence electrons. The zero-order valence-corrected chi connectivity index (χ0v) is 17.2. The number of anilines is 1. The molecule has 0 aliphatic carbocycles. The van der Waals surface area contributed by atoms with Gasteiger partial charge in [-0.05, 0) is 29.8 Å². The van der Waals surface area contributed by atoms with Crippen LogP contribution in [0.25, 0.3) is 10.2 Å². The predicted molar refractivity (Wildman–Crippen MR) is 113 cm³/mol. The number of hydrogen-bond acceptors (Lipinski definition) is 6. The van der Waals surface area contributed by atoms with Crippen molar-refractivity contribution in [2.75, 3.05) is 18.6 Å². The molecule has 0 saturated heterocycles. The van der Waals surface area contributed by atoms with Gasteiger partial charge in [-0.15, -0.1) is 0 Å². The summed E-state index contributed by atoms with van der Waals surface area (Å²) in [4.78, 5) is 22.7. The smallest absolute Gasteiger partial charge is 0.267 e. The number of nitrogens with zero attached hydrogens (tertiary/aromatic N) is 3. The molecular formula is C22H17F2N3O3S. The molecule has 0 bridgehead atoms. The van der Waals surface area contributed by atoms with Gasteiger partial charge in [0.25, 0.3) is 5.91 Å². The fraction of sp³-hybridized carbons (Fsp3) is 0.136. The second-order valence-electron chi connectivity index (χ2n) is 6.54. The summed E-state index contributed by atoms with van der Waals surface area (Å²) in [5.41, 5.74) is 0.766. The first kappa shape index (κ1) is 20.7. The van der Waals surface area contributed by atoms with Crippen LogP contribution < -0.4 is 14.4 Å². The second kappa shape index (κ2) is 9.05. The number of hydrogen-bond donors (Lipinski definition) is 0. The molecule has 0 fully saturated rings. The number of benzene rings is 2. The number of carbonyl (C=O) groups excluding carboxylic acids is 1. The average molecular weight is 441 g/mol. The Hall–Kier alpha value is -3.59. The molecular weight excluding hydrogens is 424 g/mol.